The molecule has 4 rings (SSSR count). The maximum atomic E-state index is 13.6. The van der Waals surface area contributed by atoms with Gasteiger partial charge in [-0.25, -0.2) is 14.1 Å². The first-order chi connectivity index (χ1) is 13.5. The number of halogens is 1. The molecule has 2 aromatic heterocycles. The van der Waals surface area contributed by atoms with E-state index in [0.29, 0.717) is 34.1 Å². The summed E-state index contributed by atoms with van der Waals surface area (Å²) in [5.41, 5.74) is 2.53. The van der Waals surface area contributed by atoms with Crippen LogP contribution in [0.4, 0.5) is 10.1 Å². The van der Waals surface area contributed by atoms with Crippen molar-refractivity contribution in [3.63, 3.8) is 0 Å². The van der Waals surface area contributed by atoms with Gasteiger partial charge in [-0.15, -0.1) is 5.10 Å². The number of carbonyl (C=O) groups excluding carboxylic acids is 1. The summed E-state index contributed by atoms with van der Waals surface area (Å²) >= 11 is 0. The second-order valence-electron chi connectivity index (χ2n) is 6.43. The average molecular weight is 380 g/mol. The van der Waals surface area contributed by atoms with Crippen LogP contribution in [0.25, 0.3) is 11.1 Å². The zero-order valence-corrected chi connectivity index (χ0v) is 15.3. The minimum Gasteiger partial charge on any atom is -0.441 e. The van der Waals surface area contributed by atoms with Crippen LogP contribution in [0.2, 0.25) is 0 Å². The smallest absolute Gasteiger partial charge is 0.249 e. The number of amides is 1. The maximum Gasteiger partial charge on any atom is 0.249 e. The number of hydrogen-bond acceptors (Lipinski definition) is 6. The van der Waals surface area contributed by atoms with Gasteiger partial charge >= 0.3 is 0 Å². The van der Waals surface area contributed by atoms with Gasteiger partial charge in [0.25, 0.3) is 0 Å². The summed E-state index contributed by atoms with van der Waals surface area (Å²) in [6.45, 7) is 3.46. The number of fused-ring (bicyclic) bond motifs is 1. The first kappa shape index (κ1) is 17.8. The van der Waals surface area contributed by atoms with Gasteiger partial charge in [-0.1, -0.05) is 12.1 Å². The molecule has 1 atom stereocenters. The number of benzene rings is 2. The number of tetrazole rings is 1. The summed E-state index contributed by atoms with van der Waals surface area (Å²) in [6.07, 6.45) is 0.237. The molecule has 0 aliphatic heterocycles. The fourth-order valence-corrected chi connectivity index (χ4v) is 3.05. The van der Waals surface area contributed by atoms with E-state index in [1.165, 1.54) is 16.8 Å². The molecule has 0 bridgehead atoms. The van der Waals surface area contributed by atoms with Gasteiger partial charge in [0.15, 0.2) is 11.5 Å². The van der Waals surface area contributed by atoms with Crippen LogP contribution in [-0.2, 0) is 11.2 Å². The molecule has 0 saturated carbocycles. The Labute approximate surface area is 159 Å². The summed E-state index contributed by atoms with van der Waals surface area (Å²) in [7, 11) is 0. The maximum absolute atomic E-state index is 13.6. The Balaban J connectivity index is 1.62. The molecule has 1 N–H and O–H groups in total. The number of nitrogens with one attached hydrogen (secondary N) is 1. The molecule has 0 aliphatic carbocycles. The number of aromatic nitrogens is 5. The van der Waals surface area contributed by atoms with E-state index >= 15 is 0 Å². The van der Waals surface area contributed by atoms with Crippen molar-refractivity contribution in [3.05, 3.63) is 65.6 Å². The normalized spacial score (nSPS) is 12.2. The predicted molar refractivity (Wildman–Crippen MR) is 99.1 cm³/mol. The molecule has 0 spiro atoms. The lowest BCUT2D eigenvalue weighted by atomic mass is 10.0. The van der Waals surface area contributed by atoms with E-state index in [0.717, 1.165) is 0 Å². The minimum atomic E-state index is -0.744. The lowest BCUT2D eigenvalue weighted by Crippen LogP contribution is -2.29. The highest BCUT2D eigenvalue weighted by Gasteiger charge is 2.25. The van der Waals surface area contributed by atoms with Gasteiger partial charge < -0.3 is 9.73 Å². The summed E-state index contributed by atoms with van der Waals surface area (Å²) < 4.78 is 20.5. The number of anilines is 1. The highest BCUT2D eigenvalue weighted by molar-refractivity contribution is 5.95. The number of oxazole rings is 1. The third-order valence-corrected chi connectivity index (χ3v) is 4.34. The molecule has 2 heterocycles. The quantitative estimate of drug-likeness (QED) is 0.571. The lowest BCUT2D eigenvalue weighted by Gasteiger charge is -2.17. The predicted octanol–water partition coefficient (Wildman–Crippen LogP) is 2.99. The second-order valence-corrected chi connectivity index (χ2v) is 6.43. The van der Waals surface area contributed by atoms with Crippen molar-refractivity contribution in [2.45, 2.75) is 26.3 Å². The molecule has 1 unspecified atom stereocenters. The molecule has 9 heteroatoms. The third-order valence-electron chi connectivity index (χ3n) is 4.34. The molecular weight excluding hydrogens is 363 g/mol. The average Bonchev–Trinajstić information content (AvgIpc) is 3.23. The molecule has 0 fully saturated rings. The number of aryl methyl sites for hydroxylation is 2. The SMILES string of the molecule is Cc1nc2cc(NC(=O)C(Cc3cccc(F)c3)n3nnnc3C)ccc2o1. The molecule has 1 amide bonds. The van der Waals surface area contributed by atoms with Gasteiger partial charge in [0.05, 0.1) is 0 Å². The van der Waals surface area contributed by atoms with E-state index in [1.807, 2.05) is 0 Å². The van der Waals surface area contributed by atoms with E-state index in [1.54, 1.807) is 44.2 Å². The molecule has 142 valence electrons. The first-order valence-corrected chi connectivity index (χ1v) is 8.66. The van der Waals surface area contributed by atoms with Crippen molar-refractivity contribution >= 4 is 22.7 Å². The molecule has 0 aliphatic rings. The van der Waals surface area contributed by atoms with Crippen molar-refractivity contribution in [1.82, 2.24) is 25.2 Å². The summed E-state index contributed by atoms with van der Waals surface area (Å²) in [6, 6.07) is 10.6. The van der Waals surface area contributed by atoms with Gasteiger partial charge in [0.2, 0.25) is 5.91 Å². The molecule has 0 radical (unpaired) electrons. The lowest BCUT2D eigenvalue weighted by molar-refractivity contribution is -0.119. The van der Waals surface area contributed by atoms with Crippen LogP contribution in [0, 0.1) is 19.7 Å². The van der Waals surface area contributed by atoms with Crippen molar-refractivity contribution in [2.75, 3.05) is 5.32 Å². The fraction of sp³-hybridized carbons (Fsp3) is 0.211. The highest BCUT2D eigenvalue weighted by Crippen LogP contribution is 2.22. The highest BCUT2D eigenvalue weighted by atomic mass is 19.1. The number of carbonyl (C=O) groups is 1. The Bertz CT molecular complexity index is 1150. The van der Waals surface area contributed by atoms with E-state index in [2.05, 4.69) is 25.8 Å². The van der Waals surface area contributed by atoms with Crippen LogP contribution < -0.4 is 5.32 Å². The van der Waals surface area contributed by atoms with Crippen molar-refractivity contribution in [2.24, 2.45) is 0 Å². The minimum absolute atomic E-state index is 0.237. The largest absolute Gasteiger partial charge is 0.441 e. The van der Waals surface area contributed by atoms with E-state index < -0.39 is 6.04 Å². The Morgan fingerprint density at radius 2 is 2.11 bits per heavy atom. The van der Waals surface area contributed by atoms with Crippen LogP contribution in [-0.4, -0.2) is 31.1 Å². The molecule has 28 heavy (non-hydrogen) atoms. The van der Waals surface area contributed by atoms with E-state index in [4.69, 9.17) is 4.42 Å². The van der Waals surface area contributed by atoms with Gasteiger partial charge in [-0.3, -0.25) is 4.79 Å². The molecular formula is C19H17FN6O2. The first-order valence-electron chi connectivity index (χ1n) is 8.66. The molecule has 8 nitrogen and oxygen atoms in total. The third kappa shape index (κ3) is 3.59. The standard InChI is InChI=1S/C19H17FN6O2/c1-11-23-24-25-26(11)17(9-13-4-3-5-14(20)8-13)19(27)22-15-6-7-18-16(10-15)21-12(2)28-18/h3-8,10,17H,9H2,1-2H3,(H,22,27). The number of nitrogens with zero attached hydrogens (tertiary/aromatic N) is 5. The fourth-order valence-electron chi connectivity index (χ4n) is 3.05. The Morgan fingerprint density at radius 1 is 1.25 bits per heavy atom. The summed E-state index contributed by atoms with van der Waals surface area (Å²) in [4.78, 5) is 17.3. The van der Waals surface area contributed by atoms with Crippen LogP contribution in [0.1, 0.15) is 23.3 Å². The number of hydrogen-bond donors (Lipinski definition) is 1. The summed E-state index contributed by atoms with van der Waals surface area (Å²) in [5.74, 6) is 0.349. The van der Waals surface area contributed by atoms with Gasteiger partial charge in [-0.05, 0) is 53.2 Å². The van der Waals surface area contributed by atoms with Crippen molar-refractivity contribution < 1.29 is 13.6 Å². The van der Waals surface area contributed by atoms with Crippen molar-refractivity contribution in [3.8, 4) is 0 Å². The van der Waals surface area contributed by atoms with Crippen LogP contribution >= 0.6 is 0 Å². The Morgan fingerprint density at radius 3 is 2.86 bits per heavy atom. The van der Waals surface area contributed by atoms with Crippen molar-refractivity contribution in [1.29, 1.82) is 0 Å². The number of rotatable bonds is 5. The monoisotopic (exact) mass is 380 g/mol. The molecule has 4 aromatic rings. The van der Waals surface area contributed by atoms with Crippen LogP contribution in [0.3, 0.4) is 0 Å². The van der Waals surface area contributed by atoms with E-state index in [-0.39, 0.29) is 18.1 Å². The van der Waals surface area contributed by atoms with Gasteiger partial charge in [-0.2, -0.15) is 0 Å². The van der Waals surface area contributed by atoms with Crippen LogP contribution in [0.15, 0.2) is 46.9 Å². The molecule has 2 aromatic carbocycles. The van der Waals surface area contributed by atoms with Gasteiger partial charge in [0.1, 0.15) is 23.2 Å². The Kier molecular flexibility index (Phi) is 4.56. The van der Waals surface area contributed by atoms with Gasteiger partial charge in [0, 0.05) is 19.0 Å². The topological polar surface area (TPSA) is 98.7 Å². The zero-order valence-electron chi connectivity index (χ0n) is 15.3. The zero-order chi connectivity index (χ0) is 19.7. The van der Waals surface area contributed by atoms with E-state index in [9.17, 15) is 9.18 Å². The second kappa shape index (κ2) is 7.18. The summed E-state index contributed by atoms with van der Waals surface area (Å²) in [5, 5.41) is 14.3. The molecule has 0 saturated heterocycles. The Hall–Kier alpha value is -3.62. The van der Waals surface area contributed by atoms with Crippen LogP contribution in [0.5, 0.6) is 0 Å².